The predicted octanol–water partition coefficient (Wildman–Crippen LogP) is 0.649. The Balaban J connectivity index is 1.68. The molecule has 2 aromatic rings. The summed E-state index contributed by atoms with van der Waals surface area (Å²) < 4.78 is 11.2. The Kier molecular flexibility index (Phi) is 4.07. The van der Waals surface area contributed by atoms with E-state index in [1.807, 2.05) is 6.92 Å². The lowest BCUT2D eigenvalue weighted by Gasteiger charge is -2.24. The Morgan fingerprint density at radius 2 is 2.24 bits per heavy atom. The molecule has 0 bridgehead atoms. The van der Waals surface area contributed by atoms with Gasteiger partial charge in [0.15, 0.2) is 0 Å². The number of aromatic amines is 1. The van der Waals surface area contributed by atoms with Crippen molar-refractivity contribution < 1.29 is 9.26 Å². The van der Waals surface area contributed by atoms with Crippen LogP contribution in [0.4, 0.5) is 0 Å². The highest BCUT2D eigenvalue weighted by atomic mass is 16.5. The maximum atomic E-state index is 10.9. The SMILES string of the molecule is C[C@@H](OC1CCNCC1)c1nc(-c2cnc(=O)[nH]c2)no1. The average molecular weight is 291 g/mol. The average Bonchev–Trinajstić information content (AvgIpc) is 2.99. The molecular formula is C13H17N5O3. The zero-order valence-electron chi connectivity index (χ0n) is 11.7. The van der Waals surface area contributed by atoms with Gasteiger partial charge in [0.25, 0.3) is 5.89 Å². The van der Waals surface area contributed by atoms with E-state index in [9.17, 15) is 4.79 Å². The van der Waals surface area contributed by atoms with E-state index in [2.05, 4.69) is 25.4 Å². The summed E-state index contributed by atoms with van der Waals surface area (Å²) >= 11 is 0. The molecule has 8 nitrogen and oxygen atoms in total. The smallest absolute Gasteiger partial charge is 0.344 e. The molecule has 3 rings (SSSR count). The van der Waals surface area contributed by atoms with Crippen LogP contribution in [-0.4, -0.2) is 39.3 Å². The Morgan fingerprint density at radius 1 is 1.43 bits per heavy atom. The van der Waals surface area contributed by atoms with Crippen LogP contribution in [0, 0.1) is 0 Å². The van der Waals surface area contributed by atoms with Gasteiger partial charge in [0.05, 0.1) is 11.7 Å². The van der Waals surface area contributed by atoms with Crippen molar-refractivity contribution in [3.8, 4) is 11.4 Å². The van der Waals surface area contributed by atoms with Gasteiger partial charge in [-0.15, -0.1) is 0 Å². The summed E-state index contributed by atoms with van der Waals surface area (Å²) in [7, 11) is 0. The minimum Gasteiger partial charge on any atom is -0.365 e. The molecule has 1 aliphatic heterocycles. The van der Waals surface area contributed by atoms with Crippen LogP contribution in [0.2, 0.25) is 0 Å². The van der Waals surface area contributed by atoms with Gasteiger partial charge in [0, 0.05) is 12.4 Å². The largest absolute Gasteiger partial charge is 0.365 e. The van der Waals surface area contributed by atoms with Gasteiger partial charge in [-0.1, -0.05) is 5.16 Å². The predicted molar refractivity (Wildman–Crippen MR) is 73.5 cm³/mol. The quantitative estimate of drug-likeness (QED) is 0.851. The second-order valence-corrected chi connectivity index (χ2v) is 4.99. The summed E-state index contributed by atoms with van der Waals surface area (Å²) in [6, 6.07) is 0. The third-order valence-corrected chi connectivity index (χ3v) is 3.40. The van der Waals surface area contributed by atoms with E-state index in [1.54, 1.807) is 0 Å². The van der Waals surface area contributed by atoms with Crippen molar-refractivity contribution in [2.24, 2.45) is 0 Å². The zero-order chi connectivity index (χ0) is 14.7. The van der Waals surface area contributed by atoms with Crippen LogP contribution in [0.1, 0.15) is 31.8 Å². The highest BCUT2D eigenvalue weighted by Crippen LogP contribution is 2.22. The summed E-state index contributed by atoms with van der Waals surface area (Å²) in [5.41, 5.74) is 0.184. The molecule has 1 fully saturated rings. The van der Waals surface area contributed by atoms with E-state index < -0.39 is 5.69 Å². The van der Waals surface area contributed by atoms with Gasteiger partial charge < -0.3 is 19.6 Å². The van der Waals surface area contributed by atoms with E-state index in [0.717, 1.165) is 25.9 Å². The second-order valence-electron chi connectivity index (χ2n) is 4.99. The van der Waals surface area contributed by atoms with Crippen LogP contribution in [0.15, 0.2) is 21.7 Å². The molecule has 0 aliphatic carbocycles. The normalized spacial score (nSPS) is 17.8. The van der Waals surface area contributed by atoms with Crippen molar-refractivity contribution in [1.29, 1.82) is 0 Å². The number of H-pyrrole nitrogens is 1. The Morgan fingerprint density at radius 3 is 2.95 bits per heavy atom. The van der Waals surface area contributed by atoms with E-state index >= 15 is 0 Å². The number of nitrogens with one attached hydrogen (secondary N) is 2. The van der Waals surface area contributed by atoms with E-state index in [0.29, 0.717) is 17.3 Å². The van der Waals surface area contributed by atoms with Crippen molar-refractivity contribution in [2.45, 2.75) is 32.0 Å². The van der Waals surface area contributed by atoms with Crippen LogP contribution in [0.25, 0.3) is 11.4 Å². The number of rotatable bonds is 4. The summed E-state index contributed by atoms with van der Waals surface area (Å²) in [5, 5.41) is 7.18. The highest BCUT2D eigenvalue weighted by Gasteiger charge is 2.21. The van der Waals surface area contributed by atoms with Crippen molar-refractivity contribution in [1.82, 2.24) is 25.4 Å². The Hall–Kier alpha value is -2.06. The third-order valence-electron chi connectivity index (χ3n) is 3.40. The van der Waals surface area contributed by atoms with Gasteiger partial charge in [-0.2, -0.15) is 4.98 Å². The first kappa shape index (κ1) is 13.9. The topological polar surface area (TPSA) is 106 Å². The molecule has 21 heavy (non-hydrogen) atoms. The minimum absolute atomic E-state index is 0.214. The second kappa shape index (κ2) is 6.15. The summed E-state index contributed by atoms with van der Waals surface area (Å²) in [4.78, 5) is 21.3. The standard InChI is InChI=1S/C13H17N5O3/c1-8(20-10-2-4-14-5-3-10)12-17-11(18-21-12)9-6-15-13(19)16-7-9/h6-8,10,14H,2-5H2,1H3,(H,15,16,19)/t8-/m1/s1. The molecule has 112 valence electrons. The van der Waals surface area contributed by atoms with Gasteiger partial charge in [-0.05, 0) is 32.9 Å². The maximum absolute atomic E-state index is 10.9. The van der Waals surface area contributed by atoms with Gasteiger partial charge >= 0.3 is 5.69 Å². The van der Waals surface area contributed by atoms with Crippen LogP contribution >= 0.6 is 0 Å². The van der Waals surface area contributed by atoms with Crippen molar-refractivity contribution in [3.63, 3.8) is 0 Å². The highest BCUT2D eigenvalue weighted by molar-refractivity contribution is 5.50. The number of ether oxygens (including phenoxy) is 1. The molecule has 2 aromatic heterocycles. The maximum Gasteiger partial charge on any atom is 0.344 e. The van der Waals surface area contributed by atoms with E-state index in [-0.39, 0.29) is 12.2 Å². The molecule has 0 unspecified atom stereocenters. The summed E-state index contributed by atoms with van der Waals surface area (Å²) in [6.45, 7) is 3.83. The first-order valence-electron chi connectivity index (χ1n) is 6.97. The number of piperidine rings is 1. The molecule has 0 aromatic carbocycles. The molecule has 8 heteroatoms. The van der Waals surface area contributed by atoms with Crippen molar-refractivity contribution >= 4 is 0 Å². The van der Waals surface area contributed by atoms with Crippen LogP contribution in [0.5, 0.6) is 0 Å². The van der Waals surface area contributed by atoms with Gasteiger partial charge in [0.1, 0.15) is 6.10 Å². The number of nitrogens with zero attached hydrogens (tertiary/aromatic N) is 3. The third kappa shape index (κ3) is 3.34. The first-order valence-corrected chi connectivity index (χ1v) is 6.97. The lowest BCUT2D eigenvalue weighted by atomic mass is 10.1. The lowest BCUT2D eigenvalue weighted by Crippen LogP contribution is -2.33. The van der Waals surface area contributed by atoms with Crippen LogP contribution in [0.3, 0.4) is 0 Å². The van der Waals surface area contributed by atoms with Crippen molar-refractivity contribution in [3.05, 3.63) is 28.8 Å². The fraction of sp³-hybridized carbons (Fsp3) is 0.538. The number of hydrogen-bond acceptors (Lipinski definition) is 7. The fourth-order valence-electron chi connectivity index (χ4n) is 2.26. The molecule has 1 atom stereocenters. The molecule has 1 saturated heterocycles. The molecular weight excluding hydrogens is 274 g/mol. The lowest BCUT2D eigenvalue weighted by molar-refractivity contribution is -0.0326. The Bertz CT molecular complexity index is 627. The molecule has 3 heterocycles. The first-order chi connectivity index (χ1) is 10.2. The van der Waals surface area contributed by atoms with E-state index in [4.69, 9.17) is 9.26 Å². The summed E-state index contributed by atoms with van der Waals surface area (Å²) in [5.74, 6) is 0.809. The van der Waals surface area contributed by atoms with Crippen molar-refractivity contribution in [2.75, 3.05) is 13.1 Å². The zero-order valence-corrected chi connectivity index (χ0v) is 11.7. The van der Waals surface area contributed by atoms with Crippen LogP contribution < -0.4 is 11.0 Å². The van der Waals surface area contributed by atoms with Gasteiger partial charge in [-0.3, -0.25) is 0 Å². The molecule has 0 spiro atoms. The monoisotopic (exact) mass is 291 g/mol. The van der Waals surface area contributed by atoms with Gasteiger partial charge in [-0.25, -0.2) is 9.78 Å². The van der Waals surface area contributed by atoms with Crippen LogP contribution in [-0.2, 0) is 4.74 Å². The number of hydrogen-bond donors (Lipinski definition) is 2. The molecule has 0 radical (unpaired) electrons. The Labute approximate surface area is 120 Å². The fourth-order valence-corrected chi connectivity index (χ4v) is 2.26. The molecule has 0 saturated carbocycles. The minimum atomic E-state index is -0.412. The molecule has 0 amide bonds. The van der Waals surface area contributed by atoms with Gasteiger partial charge in [0.2, 0.25) is 5.82 Å². The summed E-state index contributed by atoms with van der Waals surface area (Å²) in [6.07, 6.45) is 4.83. The van der Waals surface area contributed by atoms with E-state index in [1.165, 1.54) is 12.4 Å². The number of aromatic nitrogens is 4. The molecule has 1 aliphatic rings. The molecule has 2 N–H and O–H groups in total.